The standard InChI is InChI=1S/C14H22BrNOS/c1-11(2)16-10-12-5-6-14(13(15)9-12)18-8-4-7-17-3/h5-6,9,11,16H,4,7-8,10H2,1-3H3. The number of rotatable bonds is 8. The lowest BCUT2D eigenvalue weighted by molar-refractivity contribution is 0.200. The van der Waals surface area contributed by atoms with Crippen molar-refractivity contribution in [1.29, 1.82) is 0 Å². The summed E-state index contributed by atoms with van der Waals surface area (Å²) >= 11 is 5.52. The Morgan fingerprint density at radius 3 is 2.78 bits per heavy atom. The molecule has 2 nitrogen and oxygen atoms in total. The lowest BCUT2D eigenvalue weighted by Gasteiger charge is -2.10. The predicted molar refractivity (Wildman–Crippen MR) is 83.3 cm³/mol. The Morgan fingerprint density at radius 1 is 1.39 bits per heavy atom. The van der Waals surface area contributed by atoms with Crippen LogP contribution in [0.2, 0.25) is 0 Å². The maximum Gasteiger partial charge on any atom is 0.0470 e. The molecule has 4 heteroatoms. The monoisotopic (exact) mass is 331 g/mol. The molecule has 0 saturated carbocycles. The van der Waals surface area contributed by atoms with Gasteiger partial charge in [0.05, 0.1) is 0 Å². The summed E-state index contributed by atoms with van der Waals surface area (Å²) in [4.78, 5) is 1.31. The first-order valence-corrected chi connectivity index (χ1v) is 8.05. The van der Waals surface area contributed by atoms with Crippen molar-refractivity contribution in [1.82, 2.24) is 5.32 Å². The van der Waals surface area contributed by atoms with Gasteiger partial charge in [-0.3, -0.25) is 0 Å². The molecule has 1 N–H and O–H groups in total. The molecule has 0 fully saturated rings. The Balaban J connectivity index is 2.46. The SMILES string of the molecule is COCCCSc1ccc(CNC(C)C)cc1Br. The van der Waals surface area contributed by atoms with E-state index in [4.69, 9.17) is 4.74 Å². The van der Waals surface area contributed by atoms with Crippen LogP contribution < -0.4 is 5.32 Å². The van der Waals surface area contributed by atoms with Gasteiger partial charge >= 0.3 is 0 Å². The van der Waals surface area contributed by atoms with E-state index in [0.29, 0.717) is 6.04 Å². The van der Waals surface area contributed by atoms with Crippen LogP contribution in [0.3, 0.4) is 0 Å². The first-order chi connectivity index (χ1) is 8.63. The van der Waals surface area contributed by atoms with Crippen molar-refractivity contribution in [2.75, 3.05) is 19.5 Å². The molecule has 0 aliphatic rings. The van der Waals surface area contributed by atoms with E-state index in [0.717, 1.165) is 25.3 Å². The lowest BCUT2D eigenvalue weighted by Crippen LogP contribution is -2.21. The van der Waals surface area contributed by atoms with E-state index in [-0.39, 0.29) is 0 Å². The van der Waals surface area contributed by atoms with Crippen LogP contribution in [0.25, 0.3) is 0 Å². The fraction of sp³-hybridized carbons (Fsp3) is 0.571. The molecule has 0 bridgehead atoms. The van der Waals surface area contributed by atoms with E-state index in [9.17, 15) is 0 Å². The van der Waals surface area contributed by atoms with Crippen LogP contribution in [0, 0.1) is 0 Å². The van der Waals surface area contributed by atoms with Gasteiger partial charge in [0.1, 0.15) is 0 Å². The van der Waals surface area contributed by atoms with Crippen LogP contribution in [0.15, 0.2) is 27.6 Å². The lowest BCUT2D eigenvalue weighted by atomic mass is 10.2. The minimum absolute atomic E-state index is 0.520. The van der Waals surface area contributed by atoms with Gasteiger partial charge in [-0.25, -0.2) is 0 Å². The topological polar surface area (TPSA) is 21.3 Å². The molecule has 0 radical (unpaired) electrons. The smallest absolute Gasteiger partial charge is 0.0470 e. The summed E-state index contributed by atoms with van der Waals surface area (Å²) in [7, 11) is 1.75. The van der Waals surface area contributed by atoms with E-state index in [1.54, 1.807) is 7.11 Å². The third-order valence-corrected chi connectivity index (χ3v) is 4.54. The first kappa shape index (κ1) is 16.0. The average molecular weight is 332 g/mol. The molecule has 0 spiro atoms. The molecule has 102 valence electrons. The molecular formula is C14H22BrNOS. The Bertz CT molecular complexity index is 358. The zero-order valence-corrected chi connectivity index (χ0v) is 13.7. The zero-order valence-electron chi connectivity index (χ0n) is 11.3. The third kappa shape index (κ3) is 6.23. The van der Waals surface area contributed by atoms with E-state index in [2.05, 4.69) is 53.3 Å². The third-order valence-electron chi connectivity index (χ3n) is 2.46. The van der Waals surface area contributed by atoms with Crippen LogP contribution in [-0.2, 0) is 11.3 Å². The van der Waals surface area contributed by atoms with Crippen molar-refractivity contribution >= 4 is 27.7 Å². The predicted octanol–water partition coefficient (Wildman–Crippen LogP) is 4.08. The maximum absolute atomic E-state index is 5.05. The highest BCUT2D eigenvalue weighted by atomic mass is 79.9. The molecule has 0 aliphatic carbocycles. The van der Waals surface area contributed by atoms with Gasteiger partial charge in [0.25, 0.3) is 0 Å². The molecule has 0 aromatic heterocycles. The van der Waals surface area contributed by atoms with Gasteiger partial charge in [-0.15, -0.1) is 11.8 Å². The summed E-state index contributed by atoms with van der Waals surface area (Å²) in [6.45, 7) is 6.08. The molecule has 0 aliphatic heterocycles. The van der Waals surface area contributed by atoms with Gasteiger partial charge < -0.3 is 10.1 Å². The summed E-state index contributed by atoms with van der Waals surface area (Å²) < 4.78 is 6.24. The highest BCUT2D eigenvalue weighted by Gasteiger charge is 2.03. The molecule has 1 aromatic carbocycles. The Labute approximate surface area is 123 Å². The van der Waals surface area contributed by atoms with Crippen molar-refractivity contribution < 1.29 is 4.74 Å². The van der Waals surface area contributed by atoms with Crippen molar-refractivity contribution in [3.05, 3.63) is 28.2 Å². The Hall–Kier alpha value is -0.0300. The second-order valence-electron chi connectivity index (χ2n) is 4.50. The fourth-order valence-corrected chi connectivity index (χ4v) is 3.09. The van der Waals surface area contributed by atoms with Crippen LogP contribution in [-0.4, -0.2) is 25.5 Å². The number of ether oxygens (including phenoxy) is 1. The van der Waals surface area contributed by atoms with E-state index in [1.807, 2.05) is 11.8 Å². The highest BCUT2D eigenvalue weighted by Crippen LogP contribution is 2.28. The quantitative estimate of drug-likeness (QED) is 0.573. The second kappa shape index (κ2) is 8.97. The van der Waals surface area contributed by atoms with E-state index in [1.165, 1.54) is 14.9 Å². The van der Waals surface area contributed by atoms with E-state index < -0.39 is 0 Å². The average Bonchev–Trinajstić information content (AvgIpc) is 2.34. The van der Waals surface area contributed by atoms with Crippen molar-refractivity contribution in [3.8, 4) is 0 Å². The van der Waals surface area contributed by atoms with Gasteiger partial charge in [0.15, 0.2) is 0 Å². The number of nitrogens with one attached hydrogen (secondary N) is 1. The maximum atomic E-state index is 5.05. The number of benzene rings is 1. The van der Waals surface area contributed by atoms with E-state index >= 15 is 0 Å². The summed E-state index contributed by atoms with van der Waals surface area (Å²) in [5, 5.41) is 3.42. The normalized spacial score (nSPS) is 11.2. The van der Waals surface area contributed by atoms with Gasteiger partial charge in [-0.05, 0) is 40.0 Å². The Morgan fingerprint density at radius 2 is 2.17 bits per heavy atom. The number of hydrogen-bond acceptors (Lipinski definition) is 3. The molecule has 0 atom stereocenters. The highest BCUT2D eigenvalue weighted by molar-refractivity contribution is 9.10. The van der Waals surface area contributed by atoms with Gasteiger partial charge in [0, 0.05) is 41.4 Å². The van der Waals surface area contributed by atoms with Crippen molar-refractivity contribution in [3.63, 3.8) is 0 Å². The largest absolute Gasteiger partial charge is 0.385 e. The molecule has 0 saturated heterocycles. The summed E-state index contributed by atoms with van der Waals surface area (Å²) in [6, 6.07) is 7.11. The minimum Gasteiger partial charge on any atom is -0.385 e. The molecule has 0 unspecified atom stereocenters. The molecule has 1 rings (SSSR count). The van der Waals surface area contributed by atoms with Gasteiger partial charge in [0.2, 0.25) is 0 Å². The Kier molecular flexibility index (Phi) is 7.98. The number of halogens is 1. The molecular weight excluding hydrogens is 310 g/mol. The van der Waals surface area contributed by atoms with Crippen LogP contribution >= 0.6 is 27.7 Å². The molecule has 18 heavy (non-hydrogen) atoms. The zero-order chi connectivity index (χ0) is 13.4. The number of hydrogen-bond donors (Lipinski definition) is 1. The van der Waals surface area contributed by atoms with Crippen LogP contribution in [0.5, 0.6) is 0 Å². The minimum atomic E-state index is 0.520. The molecule has 1 aromatic rings. The first-order valence-electron chi connectivity index (χ1n) is 6.27. The molecule has 0 amide bonds. The fourth-order valence-electron chi connectivity index (χ4n) is 1.48. The number of methoxy groups -OCH3 is 1. The van der Waals surface area contributed by atoms with Crippen molar-refractivity contribution in [2.24, 2.45) is 0 Å². The van der Waals surface area contributed by atoms with Gasteiger partial charge in [-0.2, -0.15) is 0 Å². The van der Waals surface area contributed by atoms with Gasteiger partial charge in [-0.1, -0.05) is 19.9 Å². The summed E-state index contributed by atoms with van der Waals surface area (Å²) in [6.07, 6.45) is 1.09. The summed E-state index contributed by atoms with van der Waals surface area (Å²) in [5.41, 5.74) is 1.32. The van der Waals surface area contributed by atoms with Crippen molar-refractivity contribution in [2.45, 2.75) is 37.8 Å². The van der Waals surface area contributed by atoms with Crippen LogP contribution in [0.1, 0.15) is 25.8 Å². The number of thioether (sulfide) groups is 1. The second-order valence-corrected chi connectivity index (χ2v) is 6.49. The molecule has 0 heterocycles. The summed E-state index contributed by atoms with van der Waals surface area (Å²) in [5.74, 6) is 1.09. The van der Waals surface area contributed by atoms with Crippen LogP contribution in [0.4, 0.5) is 0 Å².